The second-order valence-electron chi connectivity index (χ2n) is 9.08. The van der Waals surface area contributed by atoms with Gasteiger partial charge in [0.25, 0.3) is 0 Å². The molecule has 180 valence electrons. The number of nitrogens with zero attached hydrogens (tertiary/aromatic N) is 5. The van der Waals surface area contributed by atoms with Crippen molar-refractivity contribution in [3.8, 4) is 29.2 Å². The molecule has 0 fully saturated rings. The van der Waals surface area contributed by atoms with E-state index < -0.39 is 5.60 Å². The van der Waals surface area contributed by atoms with Gasteiger partial charge in [0.15, 0.2) is 17.3 Å². The van der Waals surface area contributed by atoms with E-state index >= 15 is 0 Å². The Bertz CT molecular complexity index is 1460. The van der Waals surface area contributed by atoms with Gasteiger partial charge >= 0.3 is 0 Å². The van der Waals surface area contributed by atoms with Gasteiger partial charge in [-0.1, -0.05) is 30.2 Å². The summed E-state index contributed by atoms with van der Waals surface area (Å²) in [6, 6.07) is 9.70. The Balaban J connectivity index is 1.62. The summed E-state index contributed by atoms with van der Waals surface area (Å²) in [5.74, 6) is 6.78. The van der Waals surface area contributed by atoms with Crippen LogP contribution in [0.15, 0.2) is 35.0 Å². The number of rotatable bonds is 4. The van der Waals surface area contributed by atoms with E-state index in [1.54, 1.807) is 13.8 Å². The topological polar surface area (TPSA) is 151 Å². The molecule has 5 rings (SSSR count). The molecule has 4 aromatic rings. The molecule has 0 unspecified atom stereocenters. The summed E-state index contributed by atoms with van der Waals surface area (Å²) in [5.41, 5.74) is 15.6. The maximum Gasteiger partial charge on any atom is 0.217 e. The minimum Gasteiger partial charge on any atom is -0.472 e. The molecule has 0 spiro atoms. The van der Waals surface area contributed by atoms with Gasteiger partial charge in [-0.3, -0.25) is 0 Å². The predicted octanol–water partition coefficient (Wildman–Crippen LogP) is 2.60. The van der Waals surface area contributed by atoms with Crippen molar-refractivity contribution in [3.05, 3.63) is 47.2 Å². The van der Waals surface area contributed by atoms with Gasteiger partial charge in [0, 0.05) is 12.6 Å². The van der Waals surface area contributed by atoms with Crippen LogP contribution in [0.4, 0.5) is 5.82 Å². The van der Waals surface area contributed by atoms with Crippen LogP contribution in [0.2, 0.25) is 0 Å². The monoisotopic (exact) mass is 473 g/mol. The van der Waals surface area contributed by atoms with Gasteiger partial charge in [0.2, 0.25) is 5.88 Å². The van der Waals surface area contributed by atoms with Crippen molar-refractivity contribution < 1.29 is 14.5 Å². The third kappa shape index (κ3) is 4.32. The lowest BCUT2D eigenvalue weighted by atomic mass is 9.86. The molecule has 10 heteroatoms. The predicted molar refractivity (Wildman–Crippen MR) is 130 cm³/mol. The number of anilines is 1. The molecule has 0 amide bonds. The molecule has 10 nitrogen and oxygen atoms in total. The van der Waals surface area contributed by atoms with Gasteiger partial charge < -0.3 is 25.9 Å². The highest BCUT2D eigenvalue weighted by Gasteiger charge is 2.29. The van der Waals surface area contributed by atoms with Crippen molar-refractivity contribution in [2.45, 2.75) is 57.9 Å². The molecule has 2 atom stereocenters. The highest BCUT2D eigenvalue weighted by Crippen LogP contribution is 2.33. The fraction of sp³-hybridized carbons (Fsp3) is 0.360. The van der Waals surface area contributed by atoms with Crippen molar-refractivity contribution in [1.29, 1.82) is 0 Å². The Labute approximate surface area is 202 Å². The Morgan fingerprint density at radius 2 is 2.06 bits per heavy atom. The molecule has 0 aliphatic heterocycles. The zero-order valence-electron chi connectivity index (χ0n) is 19.8. The standard InChI is InChI=1S/C25H27N7O3/c1-4-32-17-13-19(34-18-10-9-14-7-5-6-8-15(14)20(18)26)28-16(11-12-25(2,3)33)21(17)29-24(32)22-23(27)31-35-30-22/h5-8,13,18,20,33H,4,9-10,26H2,1-3H3,(H2,27,31)/t18-,20-/m0/s1. The van der Waals surface area contributed by atoms with E-state index in [4.69, 9.17) is 25.8 Å². The summed E-state index contributed by atoms with van der Waals surface area (Å²) < 4.78 is 13.1. The van der Waals surface area contributed by atoms with Crippen LogP contribution in [0.25, 0.3) is 22.6 Å². The third-order valence-electron chi connectivity index (χ3n) is 6.03. The van der Waals surface area contributed by atoms with Gasteiger partial charge in [-0.15, -0.1) is 0 Å². The highest BCUT2D eigenvalue weighted by atomic mass is 16.6. The lowest BCUT2D eigenvalue weighted by Gasteiger charge is -2.31. The summed E-state index contributed by atoms with van der Waals surface area (Å²) in [5, 5.41) is 17.8. The van der Waals surface area contributed by atoms with E-state index in [1.165, 1.54) is 5.56 Å². The van der Waals surface area contributed by atoms with Gasteiger partial charge in [0.1, 0.15) is 22.9 Å². The molecule has 3 aromatic heterocycles. The first-order valence-corrected chi connectivity index (χ1v) is 11.5. The Morgan fingerprint density at radius 1 is 1.26 bits per heavy atom. The maximum atomic E-state index is 10.2. The number of aryl methyl sites for hydroxylation is 2. The number of nitrogen functional groups attached to an aromatic ring is 1. The van der Waals surface area contributed by atoms with E-state index in [2.05, 4.69) is 33.2 Å². The second-order valence-corrected chi connectivity index (χ2v) is 9.08. The summed E-state index contributed by atoms with van der Waals surface area (Å²) >= 11 is 0. The average molecular weight is 474 g/mol. The van der Waals surface area contributed by atoms with Crippen molar-refractivity contribution in [1.82, 2.24) is 24.8 Å². The minimum absolute atomic E-state index is 0.135. The maximum absolute atomic E-state index is 10.2. The summed E-state index contributed by atoms with van der Waals surface area (Å²) in [4.78, 5) is 9.37. The highest BCUT2D eigenvalue weighted by molar-refractivity contribution is 5.86. The number of fused-ring (bicyclic) bond motifs is 2. The molecule has 0 radical (unpaired) electrons. The van der Waals surface area contributed by atoms with Crippen LogP contribution in [-0.4, -0.2) is 41.7 Å². The van der Waals surface area contributed by atoms with Gasteiger partial charge in [0.05, 0.1) is 11.6 Å². The lowest BCUT2D eigenvalue weighted by Crippen LogP contribution is -2.36. The molecular formula is C25H27N7O3. The molecule has 1 aliphatic rings. The smallest absolute Gasteiger partial charge is 0.217 e. The summed E-state index contributed by atoms with van der Waals surface area (Å²) in [7, 11) is 0. The van der Waals surface area contributed by atoms with Crippen LogP contribution in [0.3, 0.4) is 0 Å². The minimum atomic E-state index is -1.21. The van der Waals surface area contributed by atoms with Gasteiger partial charge in [-0.25, -0.2) is 14.6 Å². The number of pyridine rings is 1. The average Bonchev–Trinajstić information content (AvgIpc) is 3.41. The fourth-order valence-electron chi connectivity index (χ4n) is 4.36. The number of aliphatic hydroxyl groups is 1. The van der Waals surface area contributed by atoms with Crippen LogP contribution in [0.5, 0.6) is 5.88 Å². The van der Waals surface area contributed by atoms with E-state index in [0.717, 1.165) is 23.9 Å². The number of benzene rings is 1. The summed E-state index contributed by atoms with van der Waals surface area (Å²) in [6.45, 7) is 5.75. The number of nitrogens with two attached hydrogens (primary N) is 2. The van der Waals surface area contributed by atoms with Crippen LogP contribution in [0, 0.1) is 11.8 Å². The van der Waals surface area contributed by atoms with Crippen LogP contribution in [0.1, 0.15) is 50.1 Å². The quantitative estimate of drug-likeness (QED) is 0.380. The van der Waals surface area contributed by atoms with Crippen molar-refractivity contribution >= 4 is 16.9 Å². The van der Waals surface area contributed by atoms with E-state index in [-0.39, 0.29) is 18.0 Å². The molecule has 1 aliphatic carbocycles. The fourth-order valence-corrected chi connectivity index (χ4v) is 4.36. The van der Waals surface area contributed by atoms with Gasteiger partial charge in [-0.2, -0.15) is 0 Å². The molecule has 5 N–H and O–H groups in total. The molecule has 0 saturated carbocycles. The lowest BCUT2D eigenvalue weighted by molar-refractivity contribution is 0.143. The molecule has 0 saturated heterocycles. The number of hydrogen-bond acceptors (Lipinski definition) is 9. The van der Waals surface area contributed by atoms with Crippen LogP contribution in [-0.2, 0) is 13.0 Å². The Hall–Kier alpha value is -3.94. The van der Waals surface area contributed by atoms with Crippen LogP contribution >= 0.6 is 0 Å². The van der Waals surface area contributed by atoms with E-state index in [1.807, 2.05) is 35.8 Å². The first kappa shape index (κ1) is 22.8. The molecular weight excluding hydrogens is 446 g/mol. The first-order chi connectivity index (χ1) is 16.7. The Kier molecular flexibility index (Phi) is 5.67. The van der Waals surface area contributed by atoms with Crippen LogP contribution < -0.4 is 16.2 Å². The van der Waals surface area contributed by atoms with Crippen molar-refractivity contribution in [3.63, 3.8) is 0 Å². The molecule has 1 aromatic carbocycles. The number of hydrogen-bond donors (Lipinski definition) is 3. The first-order valence-electron chi connectivity index (χ1n) is 11.5. The third-order valence-corrected chi connectivity index (χ3v) is 6.03. The summed E-state index contributed by atoms with van der Waals surface area (Å²) in [6.07, 6.45) is 1.39. The normalized spacial score (nSPS) is 17.6. The SMILES string of the molecule is CCn1c(-c2nonc2N)nc2c(C#CC(C)(C)O)nc(O[C@H]3CCc4ccccc4[C@@H]3N)cc21. The Morgan fingerprint density at radius 3 is 2.77 bits per heavy atom. The second kappa shape index (κ2) is 8.69. The van der Waals surface area contributed by atoms with Crippen molar-refractivity contribution in [2.24, 2.45) is 5.73 Å². The molecule has 0 bridgehead atoms. The number of imidazole rings is 1. The largest absolute Gasteiger partial charge is 0.472 e. The molecule has 35 heavy (non-hydrogen) atoms. The zero-order valence-corrected chi connectivity index (χ0v) is 19.8. The number of aromatic nitrogens is 5. The zero-order chi connectivity index (χ0) is 24.7. The van der Waals surface area contributed by atoms with E-state index in [9.17, 15) is 5.11 Å². The number of ether oxygens (including phenoxy) is 1. The van der Waals surface area contributed by atoms with Crippen molar-refractivity contribution in [2.75, 3.05) is 5.73 Å². The van der Waals surface area contributed by atoms with Gasteiger partial charge in [-0.05, 0) is 61.0 Å². The molecule has 3 heterocycles. The van der Waals surface area contributed by atoms with E-state index in [0.29, 0.717) is 35.2 Å².